The molecule has 1 fully saturated rings. The van der Waals surface area contributed by atoms with Gasteiger partial charge < -0.3 is 4.57 Å². The van der Waals surface area contributed by atoms with Crippen LogP contribution in [-0.4, -0.2) is 50.4 Å². The third kappa shape index (κ3) is 6.86. The Bertz CT molecular complexity index is 366. The van der Waals surface area contributed by atoms with Gasteiger partial charge in [0.25, 0.3) is 0 Å². The Labute approximate surface area is 152 Å². The molecule has 0 amide bonds. The normalized spacial score (nSPS) is 19.2. The zero-order valence-corrected chi connectivity index (χ0v) is 18.3. The number of nitrogens with zero attached hydrogens (tertiary/aromatic N) is 3. The van der Waals surface area contributed by atoms with Crippen LogP contribution in [0.25, 0.3) is 0 Å². The van der Waals surface area contributed by atoms with E-state index in [-0.39, 0.29) is 5.92 Å². The fourth-order valence-electron chi connectivity index (χ4n) is 4.75. The lowest BCUT2D eigenvalue weighted by Gasteiger charge is -2.49. The molecule has 1 heterocycles. The number of nitriles is 1. The van der Waals surface area contributed by atoms with Crippen LogP contribution in [0.3, 0.4) is 0 Å². The van der Waals surface area contributed by atoms with E-state index in [4.69, 9.17) is 5.26 Å². The number of piperazine rings is 1. The second kappa shape index (κ2) is 9.94. The van der Waals surface area contributed by atoms with Crippen molar-refractivity contribution in [2.75, 3.05) is 32.7 Å². The van der Waals surface area contributed by atoms with Gasteiger partial charge in [0.1, 0.15) is 8.24 Å². The summed E-state index contributed by atoms with van der Waals surface area (Å²) in [6.45, 7) is 22.2. The standard InChI is InChI=1S/C20H41N3Si/c1-17(2)14-24(15-18(3)4,16-19(5)6)23-10-8-22(9-11-23)13-20(7)12-21/h17-20H,8-11,13-16H2,1-7H3. The summed E-state index contributed by atoms with van der Waals surface area (Å²) >= 11 is 0. The molecule has 140 valence electrons. The Hall–Kier alpha value is -0.373. The Morgan fingerprint density at radius 3 is 1.54 bits per heavy atom. The monoisotopic (exact) mass is 351 g/mol. The van der Waals surface area contributed by atoms with Gasteiger partial charge in [0.15, 0.2) is 0 Å². The van der Waals surface area contributed by atoms with Crippen LogP contribution in [0.1, 0.15) is 48.5 Å². The topological polar surface area (TPSA) is 30.3 Å². The van der Waals surface area contributed by atoms with Gasteiger partial charge in [0.05, 0.1) is 12.0 Å². The predicted molar refractivity (Wildman–Crippen MR) is 107 cm³/mol. The number of rotatable bonds is 9. The highest BCUT2D eigenvalue weighted by Gasteiger charge is 2.42. The molecule has 3 nitrogen and oxygen atoms in total. The van der Waals surface area contributed by atoms with Crippen LogP contribution in [-0.2, 0) is 0 Å². The van der Waals surface area contributed by atoms with E-state index < -0.39 is 8.24 Å². The SMILES string of the molecule is CC(C)C[Si](CC(C)C)(CC(C)C)N1CCN(CC(C)C#N)CC1. The van der Waals surface area contributed by atoms with Crippen molar-refractivity contribution in [3.63, 3.8) is 0 Å². The maximum atomic E-state index is 9.06. The fraction of sp³-hybridized carbons (Fsp3) is 0.950. The highest BCUT2D eigenvalue weighted by molar-refractivity contribution is 6.77. The molecular formula is C20H41N3Si. The van der Waals surface area contributed by atoms with Crippen molar-refractivity contribution in [3.05, 3.63) is 0 Å². The minimum atomic E-state index is -1.42. The lowest BCUT2D eigenvalue weighted by Crippen LogP contribution is -2.62. The highest BCUT2D eigenvalue weighted by Crippen LogP contribution is 2.35. The van der Waals surface area contributed by atoms with Crippen LogP contribution < -0.4 is 0 Å². The maximum absolute atomic E-state index is 9.06. The molecule has 0 aromatic rings. The average molecular weight is 352 g/mol. The van der Waals surface area contributed by atoms with E-state index in [1.807, 2.05) is 6.92 Å². The molecule has 1 rings (SSSR count). The molecule has 0 aromatic heterocycles. The Kier molecular flexibility index (Phi) is 8.98. The van der Waals surface area contributed by atoms with E-state index in [1.54, 1.807) is 0 Å². The summed E-state index contributed by atoms with van der Waals surface area (Å²) in [5, 5.41) is 9.06. The lowest BCUT2D eigenvalue weighted by molar-refractivity contribution is 0.170. The van der Waals surface area contributed by atoms with Crippen LogP contribution in [0.4, 0.5) is 0 Å². The zero-order valence-electron chi connectivity index (χ0n) is 17.3. The molecule has 1 aliphatic heterocycles. The van der Waals surface area contributed by atoms with Crippen molar-refractivity contribution in [1.82, 2.24) is 9.47 Å². The molecule has 4 heteroatoms. The Morgan fingerprint density at radius 2 is 1.21 bits per heavy atom. The van der Waals surface area contributed by atoms with Crippen LogP contribution in [0.5, 0.6) is 0 Å². The molecule has 0 aliphatic carbocycles. The first-order chi connectivity index (χ1) is 11.2. The van der Waals surface area contributed by atoms with Crippen molar-refractivity contribution >= 4 is 8.24 Å². The quantitative estimate of drug-likeness (QED) is 0.565. The summed E-state index contributed by atoms with van der Waals surface area (Å²) < 4.78 is 2.94. The summed E-state index contributed by atoms with van der Waals surface area (Å²) in [6, 6.07) is 6.71. The molecule has 1 saturated heterocycles. The molecule has 1 atom stereocenters. The predicted octanol–water partition coefficient (Wildman–Crippen LogP) is 4.68. The molecule has 0 aromatic carbocycles. The smallest absolute Gasteiger partial charge is 0.129 e. The van der Waals surface area contributed by atoms with Crippen LogP contribution >= 0.6 is 0 Å². The van der Waals surface area contributed by atoms with E-state index in [1.165, 1.54) is 31.2 Å². The van der Waals surface area contributed by atoms with Crippen molar-refractivity contribution < 1.29 is 0 Å². The van der Waals surface area contributed by atoms with E-state index in [0.717, 1.165) is 37.4 Å². The van der Waals surface area contributed by atoms with E-state index >= 15 is 0 Å². The molecule has 24 heavy (non-hydrogen) atoms. The molecule has 0 N–H and O–H groups in total. The zero-order chi connectivity index (χ0) is 18.3. The minimum absolute atomic E-state index is 0.153. The summed E-state index contributed by atoms with van der Waals surface area (Å²) in [6.07, 6.45) is 0. The Morgan fingerprint density at radius 1 is 0.792 bits per heavy atom. The first-order valence-electron chi connectivity index (χ1n) is 10.1. The first-order valence-corrected chi connectivity index (χ1v) is 12.6. The lowest BCUT2D eigenvalue weighted by atomic mass is 10.2. The van der Waals surface area contributed by atoms with E-state index in [9.17, 15) is 0 Å². The third-order valence-electron chi connectivity index (χ3n) is 5.16. The molecule has 1 aliphatic rings. The van der Waals surface area contributed by atoms with Crippen LogP contribution in [0.2, 0.25) is 18.1 Å². The van der Waals surface area contributed by atoms with Gasteiger partial charge >= 0.3 is 0 Å². The van der Waals surface area contributed by atoms with Gasteiger partial charge in [-0.3, -0.25) is 4.90 Å². The van der Waals surface area contributed by atoms with Gasteiger partial charge in [0.2, 0.25) is 0 Å². The van der Waals surface area contributed by atoms with Gasteiger partial charge in [-0.25, -0.2) is 0 Å². The van der Waals surface area contributed by atoms with Gasteiger partial charge in [-0.2, -0.15) is 5.26 Å². The summed E-state index contributed by atoms with van der Waals surface area (Å²) in [4.78, 5) is 2.50. The second-order valence-corrected chi connectivity index (χ2v) is 13.6. The largest absolute Gasteiger partial charge is 0.321 e. The number of hydrogen-bond acceptors (Lipinski definition) is 3. The van der Waals surface area contributed by atoms with Gasteiger partial charge in [-0.05, 0) is 42.8 Å². The van der Waals surface area contributed by atoms with Gasteiger partial charge in [0, 0.05) is 32.7 Å². The van der Waals surface area contributed by atoms with Crippen molar-refractivity contribution in [2.45, 2.75) is 66.6 Å². The fourth-order valence-corrected chi connectivity index (χ4v) is 11.7. The van der Waals surface area contributed by atoms with Crippen LogP contribution in [0.15, 0.2) is 0 Å². The highest BCUT2D eigenvalue weighted by atomic mass is 28.3. The van der Waals surface area contributed by atoms with Crippen molar-refractivity contribution in [3.8, 4) is 6.07 Å². The van der Waals surface area contributed by atoms with E-state index in [0.29, 0.717) is 0 Å². The average Bonchev–Trinajstić information content (AvgIpc) is 2.45. The first kappa shape index (κ1) is 21.7. The van der Waals surface area contributed by atoms with Crippen molar-refractivity contribution in [1.29, 1.82) is 5.26 Å². The molecule has 0 radical (unpaired) electrons. The van der Waals surface area contributed by atoms with Crippen molar-refractivity contribution in [2.24, 2.45) is 23.7 Å². The molecular weight excluding hydrogens is 310 g/mol. The van der Waals surface area contributed by atoms with Gasteiger partial charge in [-0.15, -0.1) is 0 Å². The van der Waals surface area contributed by atoms with E-state index in [2.05, 4.69) is 57.1 Å². The van der Waals surface area contributed by atoms with Crippen LogP contribution in [0, 0.1) is 35.0 Å². The Balaban J connectivity index is 2.85. The molecule has 0 spiro atoms. The summed E-state index contributed by atoms with van der Waals surface area (Å²) in [7, 11) is -1.42. The number of hydrogen-bond donors (Lipinski definition) is 0. The molecule has 0 bridgehead atoms. The third-order valence-corrected chi connectivity index (χ3v) is 11.7. The second-order valence-electron chi connectivity index (χ2n) is 9.34. The maximum Gasteiger partial charge on any atom is 0.129 e. The minimum Gasteiger partial charge on any atom is -0.321 e. The molecule has 1 unspecified atom stereocenters. The summed E-state index contributed by atoms with van der Waals surface area (Å²) in [5.74, 6) is 2.54. The summed E-state index contributed by atoms with van der Waals surface area (Å²) in [5.41, 5.74) is 0. The molecule has 0 saturated carbocycles. The van der Waals surface area contributed by atoms with Gasteiger partial charge in [-0.1, -0.05) is 41.5 Å².